The maximum absolute atomic E-state index is 11.4. The second-order valence-corrected chi connectivity index (χ2v) is 6.38. The quantitative estimate of drug-likeness (QED) is 0.936. The van der Waals surface area contributed by atoms with Crippen molar-refractivity contribution in [3.63, 3.8) is 0 Å². The smallest absolute Gasteiger partial charge is 0.224 e. The number of hydrogen-bond donors (Lipinski definition) is 1. The van der Waals surface area contributed by atoms with Crippen molar-refractivity contribution in [2.45, 2.75) is 39.2 Å². The van der Waals surface area contributed by atoms with Crippen LogP contribution in [0.15, 0.2) is 23.6 Å². The summed E-state index contributed by atoms with van der Waals surface area (Å²) >= 11 is 1.67. The van der Waals surface area contributed by atoms with E-state index in [4.69, 9.17) is 4.74 Å². The normalized spacial score (nSPS) is 14.0. The largest absolute Gasteiger partial charge is 0.487 e. The van der Waals surface area contributed by atoms with Crippen molar-refractivity contribution in [2.75, 3.05) is 5.32 Å². The van der Waals surface area contributed by atoms with E-state index in [2.05, 4.69) is 24.1 Å². The van der Waals surface area contributed by atoms with E-state index in [0.29, 0.717) is 18.9 Å². The van der Waals surface area contributed by atoms with Crippen molar-refractivity contribution < 1.29 is 9.53 Å². The minimum Gasteiger partial charge on any atom is -0.487 e. The highest BCUT2D eigenvalue weighted by Gasteiger charge is 2.15. The molecule has 21 heavy (non-hydrogen) atoms. The van der Waals surface area contributed by atoms with E-state index in [0.717, 1.165) is 34.1 Å². The van der Waals surface area contributed by atoms with Crippen LogP contribution in [0.25, 0.3) is 0 Å². The van der Waals surface area contributed by atoms with Gasteiger partial charge in [-0.2, -0.15) is 0 Å². The Morgan fingerprint density at radius 1 is 1.38 bits per heavy atom. The van der Waals surface area contributed by atoms with E-state index < -0.39 is 0 Å². The number of benzene rings is 1. The van der Waals surface area contributed by atoms with Crippen molar-refractivity contribution in [1.29, 1.82) is 0 Å². The molecule has 0 radical (unpaired) electrons. The maximum Gasteiger partial charge on any atom is 0.224 e. The minimum atomic E-state index is 0.0701. The molecule has 2 heterocycles. The van der Waals surface area contributed by atoms with Crippen molar-refractivity contribution in [3.05, 3.63) is 39.8 Å². The summed E-state index contributed by atoms with van der Waals surface area (Å²) in [6.45, 7) is 4.72. The molecule has 0 spiro atoms. The van der Waals surface area contributed by atoms with Gasteiger partial charge in [0.05, 0.1) is 10.7 Å². The number of nitrogens with zero attached hydrogens (tertiary/aromatic N) is 1. The molecule has 0 bridgehead atoms. The topological polar surface area (TPSA) is 51.2 Å². The number of rotatable bonds is 4. The molecule has 110 valence electrons. The van der Waals surface area contributed by atoms with Gasteiger partial charge in [-0.3, -0.25) is 4.79 Å². The van der Waals surface area contributed by atoms with Gasteiger partial charge in [0.2, 0.25) is 5.91 Å². The number of ether oxygens (including phenoxy) is 1. The van der Waals surface area contributed by atoms with E-state index in [-0.39, 0.29) is 5.91 Å². The van der Waals surface area contributed by atoms with Gasteiger partial charge in [-0.05, 0) is 18.1 Å². The minimum absolute atomic E-state index is 0.0701. The van der Waals surface area contributed by atoms with Crippen molar-refractivity contribution in [1.82, 2.24) is 4.98 Å². The van der Waals surface area contributed by atoms with E-state index in [1.165, 1.54) is 0 Å². The Morgan fingerprint density at radius 3 is 3.00 bits per heavy atom. The highest BCUT2D eigenvalue weighted by atomic mass is 32.1. The van der Waals surface area contributed by atoms with E-state index in [9.17, 15) is 4.79 Å². The molecule has 1 aliphatic rings. The Hall–Kier alpha value is -1.88. The molecule has 0 unspecified atom stereocenters. The number of aryl methyl sites for hydroxylation is 1. The number of anilines is 1. The fourth-order valence-electron chi connectivity index (χ4n) is 2.25. The monoisotopic (exact) mass is 302 g/mol. The average Bonchev–Trinajstić information content (AvgIpc) is 2.93. The van der Waals surface area contributed by atoms with Gasteiger partial charge >= 0.3 is 0 Å². The van der Waals surface area contributed by atoms with Crippen LogP contribution in [0, 0.1) is 0 Å². The molecule has 1 aromatic carbocycles. The molecule has 1 N–H and O–H groups in total. The highest BCUT2D eigenvalue weighted by Crippen LogP contribution is 2.28. The van der Waals surface area contributed by atoms with Crippen LogP contribution in [0.2, 0.25) is 0 Å². The van der Waals surface area contributed by atoms with Gasteiger partial charge < -0.3 is 10.1 Å². The number of fused-ring (bicyclic) bond motifs is 1. The molecule has 1 aliphatic heterocycles. The molecule has 0 saturated heterocycles. The number of nitrogens with one attached hydrogen (secondary N) is 1. The first-order valence-corrected chi connectivity index (χ1v) is 7.99. The fourth-order valence-corrected chi connectivity index (χ4v) is 3.07. The Kier molecular flexibility index (Phi) is 3.92. The number of aromatic nitrogens is 1. The van der Waals surface area contributed by atoms with Crippen LogP contribution in [-0.4, -0.2) is 10.9 Å². The molecular formula is C16H18N2O2S. The third-order valence-electron chi connectivity index (χ3n) is 3.43. The second-order valence-electron chi connectivity index (χ2n) is 5.49. The molecule has 5 heteroatoms. The lowest BCUT2D eigenvalue weighted by molar-refractivity contribution is -0.116. The molecular weight excluding hydrogens is 284 g/mol. The van der Waals surface area contributed by atoms with Crippen LogP contribution in [-0.2, 0) is 17.8 Å². The SMILES string of the molecule is CC(C)c1nc(COc2ccc3c(c2)NC(=O)CC3)cs1. The van der Waals surface area contributed by atoms with Crippen LogP contribution in [0.5, 0.6) is 5.75 Å². The zero-order chi connectivity index (χ0) is 14.8. The zero-order valence-corrected chi connectivity index (χ0v) is 13.0. The number of amides is 1. The molecule has 0 atom stereocenters. The molecule has 0 saturated carbocycles. The summed E-state index contributed by atoms with van der Waals surface area (Å²) in [6, 6.07) is 5.86. The van der Waals surface area contributed by atoms with Crippen LogP contribution in [0.4, 0.5) is 5.69 Å². The van der Waals surface area contributed by atoms with Gasteiger partial charge in [0.1, 0.15) is 12.4 Å². The lowest BCUT2D eigenvalue weighted by Crippen LogP contribution is -2.18. The van der Waals surface area contributed by atoms with Crippen LogP contribution in [0.3, 0.4) is 0 Å². The van der Waals surface area contributed by atoms with Gasteiger partial charge in [-0.1, -0.05) is 19.9 Å². The number of carbonyl (C=O) groups excluding carboxylic acids is 1. The van der Waals surface area contributed by atoms with Crippen LogP contribution in [0.1, 0.15) is 42.5 Å². The van der Waals surface area contributed by atoms with Crippen molar-refractivity contribution in [2.24, 2.45) is 0 Å². The Morgan fingerprint density at radius 2 is 2.24 bits per heavy atom. The number of hydrogen-bond acceptors (Lipinski definition) is 4. The second kappa shape index (κ2) is 5.85. The van der Waals surface area contributed by atoms with Crippen LogP contribution < -0.4 is 10.1 Å². The first-order valence-electron chi connectivity index (χ1n) is 7.11. The first-order chi connectivity index (χ1) is 10.1. The summed E-state index contributed by atoms with van der Waals surface area (Å²) in [5.41, 5.74) is 2.98. The lowest BCUT2D eigenvalue weighted by atomic mass is 10.0. The van der Waals surface area contributed by atoms with Gasteiger partial charge in [-0.15, -0.1) is 11.3 Å². The third-order valence-corrected chi connectivity index (χ3v) is 4.62. The summed E-state index contributed by atoms with van der Waals surface area (Å²) in [4.78, 5) is 16.0. The standard InChI is InChI=1S/C16H18N2O2S/c1-10(2)16-17-12(9-21-16)8-20-13-5-3-11-4-6-15(19)18-14(11)7-13/h3,5,7,9-10H,4,6,8H2,1-2H3,(H,18,19). The van der Waals surface area contributed by atoms with Crippen molar-refractivity contribution in [3.8, 4) is 5.75 Å². The third kappa shape index (κ3) is 3.24. The highest BCUT2D eigenvalue weighted by molar-refractivity contribution is 7.09. The van der Waals surface area contributed by atoms with Gasteiger partial charge in [0, 0.05) is 29.5 Å². The predicted molar refractivity (Wildman–Crippen MR) is 83.9 cm³/mol. The Bertz CT molecular complexity index is 664. The van der Waals surface area contributed by atoms with E-state index in [1.54, 1.807) is 11.3 Å². The zero-order valence-electron chi connectivity index (χ0n) is 12.2. The maximum atomic E-state index is 11.4. The lowest BCUT2D eigenvalue weighted by Gasteiger charge is -2.17. The molecule has 0 aliphatic carbocycles. The molecule has 1 aromatic heterocycles. The fraction of sp³-hybridized carbons (Fsp3) is 0.375. The van der Waals surface area contributed by atoms with E-state index in [1.807, 2.05) is 23.6 Å². The molecule has 2 aromatic rings. The Labute approximate surface area is 128 Å². The summed E-state index contributed by atoms with van der Waals surface area (Å²) in [7, 11) is 0. The Balaban J connectivity index is 1.67. The molecule has 4 nitrogen and oxygen atoms in total. The predicted octanol–water partition coefficient (Wildman–Crippen LogP) is 3.73. The van der Waals surface area contributed by atoms with Crippen LogP contribution >= 0.6 is 11.3 Å². The summed E-state index contributed by atoms with van der Waals surface area (Å²) in [5.74, 6) is 1.28. The molecule has 1 amide bonds. The van der Waals surface area contributed by atoms with Crippen molar-refractivity contribution >= 4 is 22.9 Å². The van der Waals surface area contributed by atoms with Gasteiger partial charge in [0.25, 0.3) is 0 Å². The first kappa shape index (κ1) is 14.1. The summed E-state index contributed by atoms with van der Waals surface area (Å²) in [5, 5.41) is 6.05. The summed E-state index contributed by atoms with van der Waals surface area (Å²) < 4.78 is 5.78. The molecule has 0 fully saturated rings. The van der Waals surface area contributed by atoms with Gasteiger partial charge in [0.15, 0.2) is 0 Å². The van der Waals surface area contributed by atoms with E-state index >= 15 is 0 Å². The summed E-state index contributed by atoms with van der Waals surface area (Å²) in [6.07, 6.45) is 1.36. The molecule has 3 rings (SSSR count). The van der Waals surface area contributed by atoms with Gasteiger partial charge in [-0.25, -0.2) is 4.98 Å². The number of thiazole rings is 1. The number of carbonyl (C=O) groups is 1. The average molecular weight is 302 g/mol.